The summed E-state index contributed by atoms with van der Waals surface area (Å²) in [5, 5.41) is 4.17. The molecule has 0 aliphatic heterocycles. The van der Waals surface area contributed by atoms with E-state index in [1.54, 1.807) is 29.3 Å². The fourth-order valence-electron chi connectivity index (χ4n) is 2.19. The van der Waals surface area contributed by atoms with Crippen LogP contribution in [0, 0.1) is 0 Å². The maximum Gasteiger partial charge on any atom is 0.406 e. The monoisotopic (exact) mass is 307 g/mol. The SMILES string of the molecule is FC(F)(F)Cn1ccnc1Cn1nccc1-c1ccncc1. The van der Waals surface area contributed by atoms with Gasteiger partial charge < -0.3 is 4.57 Å². The van der Waals surface area contributed by atoms with Crippen molar-refractivity contribution in [2.75, 3.05) is 0 Å². The largest absolute Gasteiger partial charge is 0.406 e. The van der Waals surface area contributed by atoms with Gasteiger partial charge in [0, 0.05) is 36.5 Å². The molecule has 0 saturated heterocycles. The number of hydrogen-bond donors (Lipinski definition) is 0. The van der Waals surface area contributed by atoms with E-state index in [1.807, 2.05) is 12.1 Å². The standard InChI is InChI=1S/C14H12F3N5/c15-14(16,17)10-21-8-7-19-13(21)9-22-12(3-6-20-22)11-1-4-18-5-2-11/h1-8H,9-10H2. The lowest BCUT2D eigenvalue weighted by Crippen LogP contribution is -2.20. The Balaban J connectivity index is 1.87. The molecular formula is C14H12F3N5. The van der Waals surface area contributed by atoms with Crippen LogP contribution in [0.3, 0.4) is 0 Å². The molecule has 0 radical (unpaired) electrons. The van der Waals surface area contributed by atoms with Gasteiger partial charge in [-0.3, -0.25) is 9.67 Å². The van der Waals surface area contributed by atoms with Gasteiger partial charge in [-0.25, -0.2) is 4.98 Å². The van der Waals surface area contributed by atoms with E-state index in [0.29, 0.717) is 5.82 Å². The van der Waals surface area contributed by atoms with Gasteiger partial charge in [-0.05, 0) is 18.2 Å². The van der Waals surface area contributed by atoms with Crippen molar-refractivity contribution >= 4 is 0 Å². The highest BCUT2D eigenvalue weighted by atomic mass is 19.4. The summed E-state index contributed by atoms with van der Waals surface area (Å²) in [7, 11) is 0. The van der Waals surface area contributed by atoms with E-state index in [4.69, 9.17) is 0 Å². The Hall–Kier alpha value is -2.64. The molecule has 3 aromatic heterocycles. The van der Waals surface area contributed by atoms with Crippen LogP contribution in [-0.2, 0) is 13.1 Å². The number of hydrogen-bond acceptors (Lipinski definition) is 3. The Bertz CT molecular complexity index is 745. The lowest BCUT2D eigenvalue weighted by atomic mass is 10.2. The van der Waals surface area contributed by atoms with E-state index in [-0.39, 0.29) is 6.54 Å². The maximum atomic E-state index is 12.5. The molecule has 0 saturated carbocycles. The summed E-state index contributed by atoms with van der Waals surface area (Å²) in [6.07, 6.45) is 3.30. The molecule has 0 fully saturated rings. The second-order valence-corrected chi connectivity index (χ2v) is 4.70. The molecule has 5 nitrogen and oxygen atoms in total. The topological polar surface area (TPSA) is 48.5 Å². The van der Waals surface area contributed by atoms with Crippen LogP contribution in [-0.4, -0.2) is 30.5 Å². The molecule has 0 spiro atoms. The normalized spacial score (nSPS) is 11.8. The van der Waals surface area contributed by atoms with Crippen LogP contribution in [0.4, 0.5) is 13.2 Å². The van der Waals surface area contributed by atoms with Crippen LogP contribution in [0.2, 0.25) is 0 Å². The molecule has 22 heavy (non-hydrogen) atoms. The third kappa shape index (κ3) is 3.16. The first-order valence-corrected chi connectivity index (χ1v) is 6.52. The first-order chi connectivity index (χ1) is 10.5. The van der Waals surface area contributed by atoms with Crippen LogP contribution < -0.4 is 0 Å². The van der Waals surface area contributed by atoms with E-state index in [9.17, 15) is 13.2 Å². The second kappa shape index (κ2) is 5.63. The first-order valence-electron chi connectivity index (χ1n) is 6.52. The van der Waals surface area contributed by atoms with Gasteiger partial charge in [0.05, 0.1) is 12.2 Å². The summed E-state index contributed by atoms with van der Waals surface area (Å²) < 4.78 is 40.3. The second-order valence-electron chi connectivity index (χ2n) is 4.70. The van der Waals surface area contributed by atoms with Crippen molar-refractivity contribution in [3.63, 3.8) is 0 Å². The molecule has 0 bridgehead atoms. The summed E-state index contributed by atoms with van der Waals surface area (Å²) in [5.41, 5.74) is 1.69. The van der Waals surface area contributed by atoms with Crippen molar-refractivity contribution in [3.8, 4) is 11.3 Å². The fraction of sp³-hybridized carbons (Fsp3) is 0.214. The predicted molar refractivity (Wildman–Crippen MR) is 72.8 cm³/mol. The predicted octanol–water partition coefficient (Wildman–Crippen LogP) is 2.75. The van der Waals surface area contributed by atoms with E-state index >= 15 is 0 Å². The van der Waals surface area contributed by atoms with Crippen LogP contribution in [0.1, 0.15) is 5.82 Å². The van der Waals surface area contributed by atoms with Crippen LogP contribution in [0.15, 0.2) is 49.2 Å². The van der Waals surface area contributed by atoms with Crippen molar-refractivity contribution < 1.29 is 13.2 Å². The van der Waals surface area contributed by atoms with Gasteiger partial charge in [-0.15, -0.1) is 0 Å². The van der Waals surface area contributed by atoms with E-state index in [1.165, 1.54) is 12.4 Å². The molecule has 8 heteroatoms. The zero-order chi connectivity index (χ0) is 15.6. The van der Waals surface area contributed by atoms with Crippen molar-refractivity contribution in [2.45, 2.75) is 19.3 Å². The number of nitrogens with zero attached hydrogens (tertiary/aromatic N) is 5. The number of imidazole rings is 1. The first kappa shape index (κ1) is 14.3. The molecule has 0 aromatic carbocycles. The van der Waals surface area contributed by atoms with E-state index < -0.39 is 12.7 Å². The van der Waals surface area contributed by atoms with Gasteiger partial charge in [0.1, 0.15) is 12.4 Å². The Morgan fingerprint density at radius 2 is 1.77 bits per heavy atom. The minimum atomic E-state index is -4.28. The van der Waals surface area contributed by atoms with Crippen LogP contribution in [0.25, 0.3) is 11.3 Å². The molecule has 0 aliphatic rings. The summed E-state index contributed by atoms with van der Waals surface area (Å²) in [6, 6.07) is 5.43. The highest BCUT2D eigenvalue weighted by Crippen LogP contribution is 2.21. The summed E-state index contributed by atoms with van der Waals surface area (Å²) in [4.78, 5) is 7.94. The Morgan fingerprint density at radius 3 is 2.50 bits per heavy atom. The molecule has 0 aliphatic carbocycles. The molecule has 114 valence electrons. The Labute approximate surface area is 124 Å². The number of rotatable bonds is 4. The summed E-state index contributed by atoms with van der Waals surface area (Å²) >= 11 is 0. The smallest absolute Gasteiger partial charge is 0.324 e. The van der Waals surface area contributed by atoms with Crippen LogP contribution >= 0.6 is 0 Å². The minimum absolute atomic E-state index is 0.160. The zero-order valence-corrected chi connectivity index (χ0v) is 11.4. The maximum absolute atomic E-state index is 12.5. The lowest BCUT2D eigenvalue weighted by molar-refractivity contribution is -0.141. The van der Waals surface area contributed by atoms with Gasteiger partial charge >= 0.3 is 6.18 Å². The van der Waals surface area contributed by atoms with Gasteiger partial charge in [0.15, 0.2) is 0 Å². The number of pyridine rings is 1. The van der Waals surface area contributed by atoms with Gasteiger partial charge in [0.2, 0.25) is 0 Å². The number of halogens is 3. The zero-order valence-electron chi connectivity index (χ0n) is 11.4. The highest BCUT2D eigenvalue weighted by molar-refractivity contribution is 5.58. The van der Waals surface area contributed by atoms with Gasteiger partial charge in [-0.1, -0.05) is 0 Å². The highest BCUT2D eigenvalue weighted by Gasteiger charge is 2.28. The van der Waals surface area contributed by atoms with Crippen molar-refractivity contribution in [1.82, 2.24) is 24.3 Å². The molecule has 0 unspecified atom stereocenters. The van der Waals surface area contributed by atoms with Crippen molar-refractivity contribution in [2.24, 2.45) is 0 Å². The van der Waals surface area contributed by atoms with E-state index in [2.05, 4.69) is 15.1 Å². The fourth-order valence-corrected chi connectivity index (χ4v) is 2.19. The molecule has 3 rings (SSSR count). The molecule has 0 N–H and O–H groups in total. The molecule has 3 aromatic rings. The van der Waals surface area contributed by atoms with Crippen molar-refractivity contribution in [3.05, 3.63) is 55.0 Å². The third-order valence-corrected chi connectivity index (χ3v) is 3.14. The number of alkyl halides is 3. The molecule has 0 amide bonds. The van der Waals surface area contributed by atoms with Crippen LogP contribution in [0.5, 0.6) is 0 Å². The molecule has 3 heterocycles. The summed E-state index contributed by atoms with van der Waals surface area (Å²) in [5.74, 6) is 0.302. The average Bonchev–Trinajstić information content (AvgIpc) is 3.09. The van der Waals surface area contributed by atoms with Crippen molar-refractivity contribution in [1.29, 1.82) is 0 Å². The lowest BCUT2D eigenvalue weighted by Gasteiger charge is -2.12. The van der Waals surface area contributed by atoms with Gasteiger partial charge in [0.25, 0.3) is 0 Å². The van der Waals surface area contributed by atoms with E-state index in [0.717, 1.165) is 15.8 Å². The summed E-state index contributed by atoms with van der Waals surface area (Å²) in [6.45, 7) is -0.901. The quantitative estimate of drug-likeness (QED) is 0.744. The minimum Gasteiger partial charge on any atom is -0.324 e. The number of aromatic nitrogens is 5. The average molecular weight is 307 g/mol. The molecule has 0 atom stereocenters. The Kier molecular flexibility index (Phi) is 3.66. The van der Waals surface area contributed by atoms with Gasteiger partial charge in [-0.2, -0.15) is 18.3 Å². The Morgan fingerprint density at radius 1 is 1.00 bits per heavy atom. The molecular weight excluding hydrogens is 295 g/mol. The third-order valence-electron chi connectivity index (χ3n) is 3.14.